The van der Waals surface area contributed by atoms with E-state index in [4.69, 9.17) is 5.21 Å². The molecule has 0 aromatic carbocycles. The van der Waals surface area contributed by atoms with Crippen LogP contribution in [0.3, 0.4) is 0 Å². The lowest BCUT2D eigenvalue weighted by Crippen LogP contribution is -2.45. The molecule has 1 aliphatic heterocycles. The molecule has 114 valence electrons. The maximum absolute atomic E-state index is 11.5. The van der Waals surface area contributed by atoms with E-state index < -0.39 is 5.91 Å². The Kier molecular flexibility index (Phi) is 4.22. The zero-order valence-corrected chi connectivity index (χ0v) is 12.5. The highest BCUT2D eigenvalue weighted by atomic mass is 16.5. The van der Waals surface area contributed by atoms with Crippen LogP contribution >= 0.6 is 0 Å². The molecule has 1 aromatic heterocycles. The molecule has 1 saturated carbocycles. The van der Waals surface area contributed by atoms with E-state index in [2.05, 4.69) is 16.8 Å². The van der Waals surface area contributed by atoms with Crippen LogP contribution in [0.2, 0.25) is 0 Å². The van der Waals surface area contributed by atoms with Crippen LogP contribution in [0.1, 0.15) is 60.6 Å². The van der Waals surface area contributed by atoms with Crippen LogP contribution in [-0.4, -0.2) is 33.1 Å². The number of nitrogens with one attached hydrogen (secondary N) is 1. The second-order valence-corrected chi connectivity index (χ2v) is 6.15. The lowest BCUT2D eigenvalue weighted by molar-refractivity contribution is 0.0705. The van der Waals surface area contributed by atoms with E-state index in [9.17, 15) is 4.79 Å². The topological polar surface area (TPSA) is 65.5 Å². The predicted molar refractivity (Wildman–Crippen MR) is 79.1 cm³/mol. The zero-order valence-electron chi connectivity index (χ0n) is 12.5. The molecular weight excluding hydrogens is 266 g/mol. The number of carbonyl (C=O) groups is 1. The van der Waals surface area contributed by atoms with Gasteiger partial charge in [0.05, 0.1) is 5.56 Å². The van der Waals surface area contributed by atoms with Gasteiger partial charge in [0.2, 0.25) is 0 Å². The summed E-state index contributed by atoms with van der Waals surface area (Å²) in [4.78, 5) is 18.6. The average Bonchev–Trinajstić information content (AvgIpc) is 3.06. The average molecular weight is 289 g/mol. The number of nitrogens with zero attached hydrogens (tertiary/aromatic N) is 2. The largest absolute Gasteiger partial charge is 0.293 e. The van der Waals surface area contributed by atoms with Crippen LogP contribution in [0.15, 0.2) is 12.3 Å². The van der Waals surface area contributed by atoms with Gasteiger partial charge in [0.15, 0.2) is 0 Å². The molecule has 1 amide bonds. The SMILES string of the molecule is CC[C@H]1Cc2ncc(C(=O)NO)cc2CN1C1CCCC1. The van der Waals surface area contributed by atoms with Crippen molar-refractivity contribution < 1.29 is 10.0 Å². The van der Waals surface area contributed by atoms with Gasteiger partial charge in [-0.25, -0.2) is 5.48 Å². The van der Waals surface area contributed by atoms with Crippen LogP contribution < -0.4 is 5.48 Å². The van der Waals surface area contributed by atoms with E-state index in [1.54, 1.807) is 11.7 Å². The number of rotatable bonds is 3. The Morgan fingerprint density at radius 2 is 2.24 bits per heavy atom. The van der Waals surface area contributed by atoms with Crippen molar-refractivity contribution in [3.63, 3.8) is 0 Å². The van der Waals surface area contributed by atoms with E-state index in [0.29, 0.717) is 17.6 Å². The Labute approximate surface area is 125 Å². The Morgan fingerprint density at radius 1 is 1.48 bits per heavy atom. The van der Waals surface area contributed by atoms with E-state index in [-0.39, 0.29) is 0 Å². The number of hydrogen-bond donors (Lipinski definition) is 2. The highest BCUT2D eigenvalue weighted by Crippen LogP contribution is 2.32. The van der Waals surface area contributed by atoms with Gasteiger partial charge in [-0.1, -0.05) is 19.8 Å². The fourth-order valence-corrected chi connectivity index (χ4v) is 3.76. The number of hydroxylamine groups is 1. The highest BCUT2D eigenvalue weighted by molar-refractivity contribution is 5.93. The minimum absolute atomic E-state index is 0.428. The molecule has 2 aliphatic rings. The Hall–Kier alpha value is -1.46. The van der Waals surface area contributed by atoms with Gasteiger partial charge in [0.25, 0.3) is 5.91 Å². The summed E-state index contributed by atoms with van der Waals surface area (Å²) in [5, 5.41) is 8.76. The fraction of sp³-hybridized carbons (Fsp3) is 0.625. The van der Waals surface area contributed by atoms with Crippen molar-refractivity contribution in [2.24, 2.45) is 0 Å². The van der Waals surface area contributed by atoms with Crippen molar-refractivity contribution in [3.8, 4) is 0 Å². The maximum atomic E-state index is 11.5. The normalized spacial score (nSPS) is 23.0. The molecule has 0 saturated heterocycles. The summed E-state index contributed by atoms with van der Waals surface area (Å²) in [5.74, 6) is -0.490. The minimum Gasteiger partial charge on any atom is -0.293 e. The number of amides is 1. The summed E-state index contributed by atoms with van der Waals surface area (Å²) in [6, 6.07) is 3.12. The van der Waals surface area contributed by atoms with Crippen molar-refractivity contribution >= 4 is 5.91 Å². The minimum atomic E-state index is -0.490. The molecule has 0 unspecified atom stereocenters. The number of pyridine rings is 1. The molecule has 1 atom stereocenters. The molecule has 0 bridgehead atoms. The first-order valence-electron chi connectivity index (χ1n) is 7.91. The quantitative estimate of drug-likeness (QED) is 0.662. The van der Waals surface area contributed by atoms with Gasteiger partial charge in [-0.2, -0.15) is 0 Å². The number of hydrogen-bond acceptors (Lipinski definition) is 4. The van der Waals surface area contributed by atoms with Crippen molar-refractivity contribution in [2.45, 2.75) is 64.1 Å². The molecule has 5 nitrogen and oxygen atoms in total. The number of carbonyl (C=O) groups excluding carboxylic acids is 1. The summed E-state index contributed by atoms with van der Waals surface area (Å²) in [6.07, 6.45) is 8.89. The second kappa shape index (κ2) is 6.12. The van der Waals surface area contributed by atoms with Crippen LogP contribution in [0.5, 0.6) is 0 Å². The molecule has 3 rings (SSSR count). The van der Waals surface area contributed by atoms with Gasteiger partial charge in [0.1, 0.15) is 0 Å². The number of aromatic nitrogens is 1. The lowest BCUT2D eigenvalue weighted by atomic mass is 9.93. The highest BCUT2D eigenvalue weighted by Gasteiger charge is 2.32. The van der Waals surface area contributed by atoms with Gasteiger partial charge < -0.3 is 0 Å². The summed E-state index contributed by atoms with van der Waals surface area (Å²) in [7, 11) is 0. The van der Waals surface area contributed by atoms with Crippen LogP contribution in [-0.2, 0) is 13.0 Å². The first-order chi connectivity index (χ1) is 10.2. The lowest BCUT2D eigenvalue weighted by Gasteiger charge is -2.40. The van der Waals surface area contributed by atoms with Gasteiger partial charge >= 0.3 is 0 Å². The first-order valence-corrected chi connectivity index (χ1v) is 7.91. The van der Waals surface area contributed by atoms with E-state index in [1.807, 2.05) is 6.07 Å². The predicted octanol–water partition coefficient (Wildman–Crippen LogP) is 2.28. The van der Waals surface area contributed by atoms with E-state index in [1.165, 1.54) is 25.7 Å². The molecule has 0 radical (unpaired) electrons. The van der Waals surface area contributed by atoms with Crippen molar-refractivity contribution in [1.29, 1.82) is 0 Å². The van der Waals surface area contributed by atoms with Gasteiger partial charge in [-0.3, -0.25) is 19.9 Å². The number of fused-ring (bicyclic) bond motifs is 1. The van der Waals surface area contributed by atoms with Crippen LogP contribution in [0.25, 0.3) is 0 Å². The van der Waals surface area contributed by atoms with E-state index >= 15 is 0 Å². The van der Waals surface area contributed by atoms with Gasteiger partial charge in [0, 0.05) is 36.9 Å². The second-order valence-electron chi connectivity index (χ2n) is 6.15. The fourth-order valence-electron chi connectivity index (χ4n) is 3.76. The molecule has 2 heterocycles. The summed E-state index contributed by atoms with van der Waals surface area (Å²) < 4.78 is 0. The maximum Gasteiger partial charge on any atom is 0.276 e. The van der Waals surface area contributed by atoms with Gasteiger partial charge in [-0.05, 0) is 30.9 Å². The third-order valence-corrected chi connectivity index (χ3v) is 4.94. The Balaban J connectivity index is 1.87. The summed E-state index contributed by atoms with van der Waals surface area (Å²) in [5.41, 5.74) is 4.34. The van der Waals surface area contributed by atoms with Crippen LogP contribution in [0, 0.1) is 0 Å². The molecular formula is C16H23N3O2. The molecule has 2 N–H and O–H groups in total. The summed E-state index contributed by atoms with van der Waals surface area (Å²) in [6.45, 7) is 3.11. The molecule has 1 aliphatic carbocycles. The van der Waals surface area contributed by atoms with Crippen LogP contribution in [0.4, 0.5) is 0 Å². The zero-order chi connectivity index (χ0) is 14.8. The summed E-state index contributed by atoms with van der Waals surface area (Å²) >= 11 is 0. The van der Waals surface area contributed by atoms with Crippen molar-refractivity contribution in [3.05, 3.63) is 29.1 Å². The Bertz CT molecular complexity index is 526. The molecule has 1 fully saturated rings. The molecule has 21 heavy (non-hydrogen) atoms. The van der Waals surface area contributed by atoms with Crippen molar-refractivity contribution in [2.75, 3.05) is 0 Å². The molecule has 1 aromatic rings. The van der Waals surface area contributed by atoms with Gasteiger partial charge in [-0.15, -0.1) is 0 Å². The molecule has 5 heteroatoms. The van der Waals surface area contributed by atoms with Crippen molar-refractivity contribution in [1.82, 2.24) is 15.4 Å². The molecule has 0 spiro atoms. The smallest absolute Gasteiger partial charge is 0.276 e. The monoisotopic (exact) mass is 289 g/mol. The third-order valence-electron chi connectivity index (χ3n) is 4.94. The third kappa shape index (κ3) is 2.80. The first kappa shape index (κ1) is 14.5. The standard InChI is InChI=1S/C16H23N3O2/c1-2-13-8-15-12(7-11(9-17-15)16(20)18-21)10-19(13)14-5-3-4-6-14/h7,9,13-14,21H,2-6,8,10H2,1H3,(H,18,20)/t13-/m0/s1. The Morgan fingerprint density at radius 3 is 2.90 bits per heavy atom. The van der Waals surface area contributed by atoms with E-state index in [0.717, 1.165) is 30.6 Å².